The molecule has 0 unspecified atom stereocenters. The average Bonchev–Trinajstić information content (AvgIpc) is 3.29. The van der Waals surface area contributed by atoms with Gasteiger partial charge in [-0.15, -0.1) is 0 Å². The van der Waals surface area contributed by atoms with Crippen LogP contribution in [0.2, 0.25) is 0 Å². The molecule has 3 aromatic rings. The van der Waals surface area contributed by atoms with Crippen LogP contribution in [0.5, 0.6) is 5.75 Å². The van der Waals surface area contributed by atoms with Crippen LogP contribution in [-0.2, 0) is 10.0 Å². The Morgan fingerprint density at radius 2 is 1.79 bits per heavy atom. The summed E-state index contributed by atoms with van der Waals surface area (Å²) in [6, 6.07) is 6.81. The van der Waals surface area contributed by atoms with E-state index in [-0.39, 0.29) is 4.90 Å². The smallest absolute Gasteiger partial charge is 0.243 e. The number of benzene rings is 1. The van der Waals surface area contributed by atoms with Gasteiger partial charge >= 0.3 is 0 Å². The summed E-state index contributed by atoms with van der Waals surface area (Å²) < 4.78 is 34.6. The van der Waals surface area contributed by atoms with Crippen molar-refractivity contribution in [1.82, 2.24) is 23.8 Å². The molecule has 152 valence electrons. The van der Waals surface area contributed by atoms with Crippen molar-refractivity contribution in [2.75, 3.05) is 38.2 Å². The highest BCUT2D eigenvalue weighted by molar-refractivity contribution is 7.89. The van der Waals surface area contributed by atoms with Crippen molar-refractivity contribution in [2.24, 2.45) is 0 Å². The summed E-state index contributed by atoms with van der Waals surface area (Å²) in [7, 11) is -1.98. The SMILES string of the molecule is COc1ccc(S(=O)(=O)N2CCN(c3cc(-n4ccnc4)ncn3)CC2)cc1C. The molecule has 0 amide bonds. The quantitative estimate of drug-likeness (QED) is 0.624. The predicted octanol–water partition coefficient (Wildman–Crippen LogP) is 1.49. The third-order valence-electron chi connectivity index (χ3n) is 4.97. The van der Waals surface area contributed by atoms with Gasteiger partial charge < -0.3 is 9.64 Å². The van der Waals surface area contributed by atoms with Crippen LogP contribution < -0.4 is 9.64 Å². The molecule has 4 rings (SSSR count). The van der Waals surface area contributed by atoms with Crippen LogP contribution in [0.1, 0.15) is 5.56 Å². The van der Waals surface area contributed by atoms with Crippen LogP contribution in [0.25, 0.3) is 5.82 Å². The van der Waals surface area contributed by atoms with Gasteiger partial charge in [0, 0.05) is 44.6 Å². The first-order valence-corrected chi connectivity index (χ1v) is 10.6. The number of sulfonamides is 1. The molecule has 0 saturated carbocycles. The number of hydrogen-bond acceptors (Lipinski definition) is 7. The van der Waals surface area contributed by atoms with E-state index in [2.05, 4.69) is 19.9 Å². The molecule has 1 aliphatic rings. The summed E-state index contributed by atoms with van der Waals surface area (Å²) in [5.41, 5.74) is 0.792. The van der Waals surface area contributed by atoms with E-state index in [4.69, 9.17) is 4.74 Å². The first kappa shape index (κ1) is 19.3. The fourth-order valence-corrected chi connectivity index (χ4v) is 4.87. The summed E-state index contributed by atoms with van der Waals surface area (Å²) in [4.78, 5) is 15.0. The summed E-state index contributed by atoms with van der Waals surface area (Å²) in [5.74, 6) is 2.16. The van der Waals surface area contributed by atoms with Gasteiger partial charge in [0.1, 0.15) is 30.0 Å². The molecule has 0 spiro atoms. The Hall–Kier alpha value is -2.98. The zero-order valence-electron chi connectivity index (χ0n) is 16.3. The van der Waals surface area contributed by atoms with Crippen molar-refractivity contribution in [3.63, 3.8) is 0 Å². The highest BCUT2D eigenvalue weighted by Crippen LogP contribution is 2.25. The Morgan fingerprint density at radius 3 is 2.45 bits per heavy atom. The summed E-state index contributed by atoms with van der Waals surface area (Å²) in [5, 5.41) is 0. The fourth-order valence-electron chi connectivity index (χ4n) is 3.36. The van der Waals surface area contributed by atoms with E-state index >= 15 is 0 Å². The summed E-state index contributed by atoms with van der Waals surface area (Å²) >= 11 is 0. The molecule has 1 aliphatic heterocycles. The number of aryl methyl sites for hydroxylation is 1. The van der Waals surface area contributed by atoms with Gasteiger partial charge in [0.05, 0.1) is 12.0 Å². The van der Waals surface area contributed by atoms with Gasteiger partial charge in [-0.1, -0.05) is 0 Å². The number of rotatable bonds is 5. The Balaban J connectivity index is 1.48. The molecule has 0 aliphatic carbocycles. The molecule has 0 atom stereocenters. The molecule has 1 saturated heterocycles. The van der Waals surface area contributed by atoms with E-state index in [9.17, 15) is 8.42 Å². The number of piperazine rings is 1. The molecular formula is C19H22N6O3S. The molecule has 0 radical (unpaired) electrons. The van der Waals surface area contributed by atoms with Crippen LogP contribution in [-0.4, -0.2) is 65.5 Å². The topological polar surface area (TPSA) is 93.5 Å². The average molecular weight is 414 g/mol. The van der Waals surface area contributed by atoms with E-state index in [1.54, 1.807) is 42.4 Å². The second kappa shape index (κ2) is 7.80. The van der Waals surface area contributed by atoms with Gasteiger partial charge in [0.25, 0.3) is 0 Å². The first-order valence-electron chi connectivity index (χ1n) is 9.19. The normalized spacial score (nSPS) is 15.4. The van der Waals surface area contributed by atoms with Gasteiger partial charge in [-0.25, -0.2) is 23.4 Å². The number of imidazole rings is 1. The molecule has 29 heavy (non-hydrogen) atoms. The highest BCUT2D eigenvalue weighted by Gasteiger charge is 2.29. The van der Waals surface area contributed by atoms with E-state index in [1.807, 2.05) is 19.2 Å². The van der Waals surface area contributed by atoms with E-state index in [1.165, 1.54) is 10.6 Å². The summed E-state index contributed by atoms with van der Waals surface area (Å²) in [6.45, 7) is 3.71. The molecule has 1 aromatic carbocycles. The molecule has 3 heterocycles. The Labute approximate surface area is 169 Å². The van der Waals surface area contributed by atoms with Gasteiger partial charge in [-0.2, -0.15) is 4.31 Å². The zero-order chi connectivity index (χ0) is 20.4. The van der Waals surface area contributed by atoms with Crippen molar-refractivity contribution in [3.05, 3.63) is 54.9 Å². The Morgan fingerprint density at radius 1 is 1.03 bits per heavy atom. The van der Waals surface area contributed by atoms with Crippen molar-refractivity contribution in [1.29, 1.82) is 0 Å². The molecular weight excluding hydrogens is 392 g/mol. The van der Waals surface area contributed by atoms with Crippen molar-refractivity contribution >= 4 is 15.8 Å². The maximum atomic E-state index is 13.0. The molecule has 2 aromatic heterocycles. The minimum absolute atomic E-state index is 0.286. The lowest BCUT2D eigenvalue weighted by atomic mass is 10.2. The van der Waals surface area contributed by atoms with Crippen molar-refractivity contribution < 1.29 is 13.2 Å². The predicted molar refractivity (Wildman–Crippen MR) is 108 cm³/mol. The highest BCUT2D eigenvalue weighted by atomic mass is 32.2. The van der Waals surface area contributed by atoms with Gasteiger partial charge in [-0.3, -0.25) is 4.57 Å². The second-order valence-electron chi connectivity index (χ2n) is 6.73. The largest absolute Gasteiger partial charge is 0.496 e. The molecule has 0 bridgehead atoms. The van der Waals surface area contributed by atoms with Crippen LogP contribution in [0.15, 0.2) is 54.2 Å². The van der Waals surface area contributed by atoms with Crippen LogP contribution in [0.4, 0.5) is 5.82 Å². The molecule has 10 heteroatoms. The van der Waals surface area contributed by atoms with E-state index < -0.39 is 10.0 Å². The number of aromatic nitrogens is 4. The van der Waals surface area contributed by atoms with Gasteiger partial charge in [0.15, 0.2) is 0 Å². The number of nitrogens with zero attached hydrogens (tertiary/aromatic N) is 6. The standard InChI is InChI=1S/C19H22N6O3S/c1-15-11-16(3-4-17(15)28-2)29(26,27)25-9-7-23(8-10-25)18-12-19(22-13-21-18)24-6-5-20-14-24/h3-6,11-14H,7-10H2,1-2H3. The van der Waals surface area contributed by atoms with Crippen LogP contribution in [0.3, 0.4) is 0 Å². The Kier molecular flexibility index (Phi) is 5.20. The minimum atomic E-state index is -3.55. The third kappa shape index (κ3) is 3.81. The van der Waals surface area contributed by atoms with E-state index in [0.29, 0.717) is 31.9 Å². The van der Waals surface area contributed by atoms with Crippen molar-refractivity contribution in [3.8, 4) is 11.6 Å². The molecule has 0 N–H and O–H groups in total. The number of anilines is 1. The van der Waals surface area contributed by atoms with Gasteiger partial charge in [-0.05, 0) is 30.7 Å². The molecule has 9 nitrogen and oxygen atoms in total. The maximum Gasteiger partial charge on any atom is 0.243 e. The van der Waals surface area contributed by atoms with Crippen LogP contribution >= 0.6 is 0 Å². The Bertz CT molecular complexity index is 1090. The second-order valence-corrected chi connectivity index (χ2v) is 8.66. The maximum absolute atomic E-state index is 13.0. The first-order chi connectivity index (χ1) is 14.0. The monoisotopic (exact) mass is 414 g/mol. The fraction of sp³-hybridized carbons (Fsp3) is 0.316. The molecule has 1 fully saturated rings. The lowest BCUT2D eigenvalue weighted by Gasteiger charge is -2.34. The minimum Gasteiger partial charge on any atom is -0.496 e. The lowest BCUT2D eigenvalue weighted by Crippen LogP contribution is -2.49. The van der Waals surface area contributed by atoms with Gasteiger partial charge in [0.2, 0.25) is 10.0 Å². The lowest BCUT2D eigenvalue weighted by molar-refractivity contribution is 0.383. The number of hydrogen-bond donors (Lipinski definition) is 0. The number of methoxy groups -OCH3 is 1. The zero-order valence-corrected chi connectivity index (χ0v) is 17.1. The van der Waals surface area contributed by atoms with E-state index in [0.717, 1.165) is 17.2 Å². The number of ether oxygens (including phenoxy) is 1. The van der Waals surface area contributed by atoms with Crippen LogP contribution in [0, 0.1) is 6.92 Å². The summed E-state index contributed by atoms with van der Waals surface area (Å²) in [6.07, 6.45) is 6.68. The third-order valence-corrected chi connectivity index (χ3v) is 6.87. The van der Waals surface area contributed by atoms with Crippen molar-refractivity contribution in [2.45, 2.75) is 11.8 Å².